The minimum Gasteiger partial charge on any atom is -0.508 e. The normalized spacial score (nSPS) is 21.3. The maximum atomic E-state index is 9.50. The van der Waals surface area contributed by atoms with E-state index in [0.29, 0.717) is 11.8 Å². The van der Waals surface area contributed by atoms with E-state index in [0.717, 1.165) is 38.3 Å². The third kappa shape index (κ3) is 5.32. The third-order valence-electron chi connectivity index (χ3n) is 5.32. The topological polar surface area (TPSA) is 43.7 Å². The summed E-state index contributed by atoms with van der Waals surface area (Å²) in [5.41, 5.74) is 2.71. The molecule has 2 aromatic rings. The van der Waals surface area contributed by atoms with Gasteiger partial charge in [0, 0.05) is 19.2 Å². The van der Waals surface area contributed by atoms with Crippen LogP contribution >= 0.6 is 0 Å². The largest absolute Gasteiger partial charge is 0.508 e. The van der Waals surface area contributed by atoms with Gasteiger partial charge in [0.05, 0.1) is 0 Å². The molecule has 3 rings (SSSR count). The van der Waals surface area contributed by atoms with Crippen LogP contribution in [0.5, 0.6) is 5.75 Å². The first kappa shape index (κ1) is 18.0. The molecule has 134 valence electrons. The Bertz CT molecular complexity index is 626. The van der Waals surface area contributed by atoms with Crippen LogP contribution in [0.25, 0.3) is 0 Å². The van der Waals surface area contributed by atoms with Crippen molar-refractivity contribution in [1.82, 2.24) is 4.90 Å². The summed E-state index contributed by atoms with van der Waals surface area (Å²) in [5.74, 6) is 1.04. The number of aliphatic hydroxyl groups is 1. The molecule has 2 aromatic carbocycles. The van der Waals surface area contributed by atoms with Crippen LogP contribution < -0.4 is 0 Å². The number of nitrogens with zero attached hydrogens (tertiary/aromatic N) is 1. The summed E-state index contributed by atoms with van der Waals surface area (Å²) in [7, 11) is 0. The average molecular weight is 339 g/mol. The molecule has 1 aliphatic heterocycles. The predicted octanol–water partition coefficient (Wildman–Crippen LogP) is 3.64. The number of hydrogen-bond donors (Lipinski definition) is 2. The lowest BCUT2D eigenvalue weighted by Crippen LogP contribution is -2.44. The molecule has 0 radical (unpaired) electrons. The van der Waals surface area contributed by atoms with Gasteiger partial charge >= 0.3 is 0 Å². The molecule has 0 saturated carbocycles. The van der Waals surface area contributed by atoms with E-state index in [4.69, 9.17) is 0 Å². The molecular formula is C22H29NO2. The number of likely N-dealkylation sites (tertiary alicyclic amines) is 1. The highest BCUT2D eigenvalue weighted by Gasteiger charge is 2.28. The Hall–Kier alpha value is -1.84. The quantitative estimate of drug-likeness (QED) is 0.809. The molecule has 0 bridgehead atoms. The number of hydrogen-bond acceptors (Lipinski definition) is 3. The monoisotopic (exact) mass is 339 g/mol. The highest BCUT2D eigenvalue weighted by molar-refractivity contribution is 5.26. The van der Waals surface area contributed by atoms with Crippen molar-refractivity contribution < 1.29 is 10.2 Å². The number of aliphatic hydroxyl groups excluding tert-OH is 1. The van der Waals surface area contributed by atoms with Gasteiger partial charge in [0.2, 0.25) is 0 Å². The van der Waals surface area contributed by atoms with Crippen LogP contribution in [0.4, 0.5) is 0 Å². The van der Waals surface area contributed by atoms with Crippen LogP contribution in [-0.2, 0) is 12.8 Å². The lowest BCUT2D eigenvalue weighted by molar-refractivity contribution is 0.102. The van der Waals surface area contributed by atoms with Gasteiger partial charge in [-0.1, -0.05) is 42.5 Å². The summed E-state index contributed by atoms with van der Waals surface area (Å²) >= 11 is 0. The average Bonchev–Trinajstić information content (AvgIpc) is 2.64. The number of phenolic OH excluding ortho intramolecular Hbond substituents is 1. The van der Waals surface area contributed by atoms with Crippen LogP contribution in [0.1, 0.15) is 30.4 Å². The maximum absolute atomic E-state index is 9.50. The van der Waals surface area contributed by atoms with Gasteiger partial charge in [0.15, 0.2) is 0 Å². The van der Waals surface area contributed by atoms with Gasteiger partial charge in [-0.15, -0.1) is 0 Å². The van der Waals surface area contributed by atoms with E-state index >= 15 is 0 Å². The minimum atomic E-state index is 0.260. The summed E-state index contributed by atoms with van der Waals surface area (Å²) < 4.78 is 0. The van der Waals surface area contributed by atoms with E-state index in [9.17, 15) is 10.2 Å². The van der Waals surface area contributed by atoms with Crippen molar-refractivity contribution >= 4 is 0 Å². The molecule has 1 heterocycles. The zero-order valence-corrected chi connectivity index (χ0v) is 14.8. The fourth-order valence-corrected chi connectivity index (χ4v) is 4.00. The van der Waals surface area contributed by atoms with E-state index in [2.05, 4.69) is 35.2 Å². The van der Waals surface area contributed by atoms with Gasteiger partial charge in [-0.05, 0) is 67.8 Å². The van der Waals surface area contributed by atoms with E-state index in [1.807, 2.05) is 12.1 Å². The van der Waals surface area contributed by atoms with Crippen molar-refractivity contribution in [2.24, 2.45) is 5.92 Å². The summed E-state index contributed by atoms with van der Waals surface area (Å²) in [4.78, 5) is 2.55. The van der Waals surface area contributed by atoms with Gasteiger partial charge < -0.3 is 10.2 Å². The fraction of sp³-hybridized carbons (Fsp3) is 0.455. The summed E-state index contributed by atoms with van der Waals surface area (Å²) in [6.07, 6.45) is 5.43. The Morgan fingerprint density at radius 2 is 1.64 bits per heavy atom. The molecule has 0 spiro atoms. The van der Waals surface area contributed by atoms with Crippen molar-refractivity contribution in [2.75, 3.05) is 19.7 Å². The second kappa shape index (κ2) is 9.02. The van der Waals surface area contributed by atoms with Crippen molar-refractivity contribution in [3.05, 3.63) is 65.7 Å². The van der Waals surface area contributed by atoms with E-state index < -0.39 is 0 Å². The summed E-state index contributed by atoms with van der Waals surface area (Å²) in [5, 5.41) is 18.7. The molecule has 2 N–H and O–H groups in total. The van der Waals surface area contributed by atoms with Gasteiger partial charge in [-0.3, -0.25) is 4.90 Å². The molecule has 3 nitrogen and oxygen atoms in total. The van der Waals surface area contributed by atoms with Crippen molar-refractivity contribution in [3.8, 4) is 5.75 Å². The molecule has 1 fully saturated rings. The second-order valence-corrected chi connectivity index (χ2v) is 7.22. The van der Waals surface area contributed by atoms with E-state index in [1.165, 1.54) is 24.0 Å². The summed E-state index contributed by atoms with van der Waals surface area (Å²) in [6, 6.07) is 18.9. The molecule has 3 heteroatoms. The minimum absolute atomic E-state index is 0.260. The Labute approximate surface area is 150 Å². The van der Waals surface area contributed by atoms with Crippen molar-refractivity contribution in [2.45, 2.75) is 38.1 Å². The van der Waals surface area contributed by atoms with Crippen LogP contribution in [0.3, 0.4) is 0 Å². The van der Waals surface area contributed by atoms with E-state index in [-0.39, 0.29) is 6.61 Å². The van der Waals surface area contributed by atoms with Gasteiger partial charge in [-0.25, -0.2) is 0 Å². The van der Waals surface area contributed by atoms with Crippen LogP contribution in [0, 0.1) is 5.92 Å². The zero-order chi connectivity index (χ0) is 17.5. The Morgan fingerprint density at radius 1 is 0.920 bits per heavy atom. The van der Waals surface area contributed by atoms with Gasteiger partial charge in [-0.2, -0.15) is 0 Å². The van der Waals surface area contributed by atoms with Gasteiger partial charge in [0.1, 0.15) is 5.75 Å². The second-order valence-electron chi connectivity index (χ2n) is 7.22. The van der Waals surface area contributed by atoms with Crippen molar-refractivity contribution in [1.29, 1.82) is 0 Å². The smallest absolute Gasteiger partial charge is 0.115 e. The molecular weight excluding hydrogens is 310 g/mol. The highest BCUT2D eigenvalue weighted by atomic mass is 16.3. The van der Waals surface area contributed by atoms with Gasteiger partial charge in [0.25, 0.3) is 0 Å². The molecule has 1 saturated heterocycles. The standard InChI is InChI=1S/C22H29NO2/c24-14-4-12-23-13-11-20(15-18-5-2-1-3-6-18)17-21(23)16-19-7-9-22(25)10-8-19/h1-3,5-10,20-21,24-25H,4,11-17H2/t20-,21-/m0/s1. The van der Waals surface area contributed by atoms with Crippen molar-refractivity contribution in [3.63, 3.8) is 0 Å². The van der Waals surface area contributed by atoms with Crippen LogP contribution in [0.2, 0.25) is 0 Å². The first-order chi connectivity index (χ1) is 12.2. The first-order valence-electron chi connectivity index (χ1n) is 9.41. The lowest BCUT2D eigenvalue weighted by atomic mass is 9.83. The first-order valence-corrected chi connectivity index (χ1v) is 9.41. The number of aromatic hydroxyl groups is 1. The number of rotatable bonds is 7. The highest BCUT2D eigenvalue weighted by Crippen LogP contribution is 2.28. The molecule has 0 aromatic heterocycles. The predicted molar refractivity (Wildman–Crippen MR) is 102 cm³/mol. The Morgan fingerprint density at radius 3 is 2.36 bits per heavy atom. The molecule has 0 aliphatic carbocycles. The fourth-order valence-electron chi connectivity index (χ4n) is 4.00. The number of phenols is 1. The third-order valence-corrected chi connectivity index (χ3v) is 5.32. The number of piperidine rings is 1. The summed E-state index contributed by atoms with van der Waals surface area (Å²) in [6.45, 7) is 2.34. The van der Waals surface area contributed by atoms with Crippen LogP contribution in [-0.4, -0.2) is 40.9 Å². The molecule has 0 amide bonds. The zero-order valence-electron chi connectivity index (χ0n) is 14.8. The lowest BCUT2D eigenvalue weighted by Gasteiger charge is -2.40. The molecule has 2 atom stereocenters. The molecule has 1 aliphatic rings. The SMILES string of the molecule is OCCCN1CC[C@@H](Cc2ccccc2)C[C@@H]1Cc1ccc(O)cc1. The molecule has 25 heavy (non-hydrogen) atoms. The number of benzene rings is 2. The van der Waals surface area contributed by atoms with E-state index in [1.54, 1.807) is 12.1 Å². The Balaban J connectivity index is 1.65. The molecule has 0 unspecified atom stereocenters. The van der Waals surface area contributed by atoms with Crippen LogP contribution in [0.15, 0.2) is 54.6 Å². The maximum Gasteiger partial charge on any atom is 0.115 e. The Kier molecular flexibility index (Phi) is 6.48.